The molecule has 2 atom stereocenters. The van der Waals surface area contributed by atoms with Crippen LogP contribution in [0.1, 0.15) is 26.2 Å². The van der Waals surface area contributed by atoms with Crippen molar-refractivity contribution in [2.45, 2.75) is 31.7 Å². The predicted molar refractivity (Wildman–Crippen MR) is 50.0 cm³/mol. The second kappa shape index (κ2) is 2.38. The lowest BCUT2D eigenvalue weighted by atomic mass is 9.88. The summed E-state index contributed by atoms with van der Waals surface area (Å²) in [5, 5.41) is 0. The fourth-order valence-electron chi connectivity index (χ4n) is 2.62. The third kappa shape index (κ3) is 0.793. The topological polar surface area (TPSA) is 41.6 Å². The fraction of sp³-hybridized carbons (Fsp3) is 0.889. The van der Waals surface area contributed by atoms with Gasteiger partial charge in [-0.05, 0) is 18.8 Å². The lowest BCUT2D eigenvalue weighted by molar-refractivity contribution is 0.184. The molecule has 2 N–H and O–H groups in total. The molecule has 1 spiro atoms. The third-order valence-electron chi connectivity index (χ3n) is 3.69. The molecular formula is C9H17N3. The van der Waals surface area contributed by atoms with Crippen molar-refractivity contribution < 1.29 is 0 Å². The predicted octanol–water partition coefficient (Wildman–Crippen LogP) is 0.805. The SMILES string of the molecule is CC1CCCC12CN=C(N)N2C. The minimum absolute atomic E-state index is 0.282. The van der Waals surface area contributed by atoms with Gasteiger partial charge in [0.1, 0.15) is 0 Å². The van der Waals surface area contributed by atoms with Gasteiger partial charge in [0, 0.05) is 7.05 Å². The van der Waals surface area contributed by atoms with Gasteiger partial charge < -0.3 is 10.6 Å². The van der Waals surface area contributed by atoms with Crippen LogP contribution in [-0.2, 0) is 0 Å². The lowest BCUT2D eigenvalue weighted by Crippen LogP contribution is -2.50. The van der Waals surface area contributed by atoms with Crippen molar-refractivity contribution in [2.75, 3.05) is 13.6 Å². The van der Waals surface area contributed by atoms with E-state index in [0.717, 1.165) is 18.4 Å². The second-order valence-corrected chi connectivity index (χ2v) is 4.13. The zero-order valence-corrected chi connectivity index (χ0v) is 7.88. The van der Waals surface area contributed by atoms with Crippen LogP contribution in [0.4, 0.5) is 0 Å². The number of guanidine groups is 1. The minimum atomic E-state index is 0.282. The average molecular weight is 167 g/mol. The molecule has 0 bridgehead atoms. The van der Waals surface area contributed by atoms with E-state index in [-0.39, 0.29) is 5.54 Å². The summed E-state index contributed by atoms with van der Waals surface area (Å²) < 4.78 is 0. The first-order chi connectivity index (χ1) is 5.67. The summed E-state index contributed by atoms with van der Waals surface area (Å²) in [5.74, 6) is 1.47. The van der Waals surface area contributed by atoms with E-state index in [0.29, 0.717) is 0 Å². The molecule has 0 aromatic rings. The van der Waals surface area contributed by atoms with E-state index in [4.69, 9.17) is 5.73 Å². The lowest BCUT2D eigenvalue weighted by Gasteiger charge is -2.36. The number of nitrogens with zero attached hydrogens (tertiary/aromatic N) is 2. The van der Waals surface area contributed by atoms with Gasteiger partial charge in [-0.25, -0.2) is 0 Å². The molecule has 2 aliphatic rings. The summed E-state index contributed by atoms with van der Waals surface area (Å²) in [7, 11) is 2.08. The second-order valence-electron chi connectivity index (χ2n) is 4.13. The number of aliphatic imine (C=N–C) groups is 1. The Balaban J connectivity index is 2.24. The van der Waals surface area contributed by atoms with Gasteiger partial charge in [0.15, 0.2) is 5.96 Å². The van der Waals surface area contributed by atoms with Crippen LogP contribution in [0.25, 0.3) is 0 Å². The molecule has 0 radical (unpaired) electrons. The average Bonchev–Trinajstić information content (AvgIpc) is 2.54. The fourth-order valence-corrected chi connectivity index (χ4v) is 2.62. The molecule has 0 aromatic heterocycles. The van der Waals surface area contributed by atoms with E-state index < -0.39 is 0 Å². The van der Waals surface area contributed by atoms with Crippen molar-refractivity contribution in [3.8, 4) is 0 Å². The first-order valence-corrected chi connectivity index (χ1v) is 4.70. The summed E-state index contributed by atoms with van der Waals surface area (Å²) in [6.45, 7) is 3.23. The Morgan fingerprint density at radius 3 is 2.83 bits per heavy atom. The van der Waals surface area contributed by atoms with Gasteiger partial charge in [-0.1, -0.05) is 13.3 Å². The quantitative estimate of drug-likeness (QED) is 0.580. The van der Waals surface area contributed by atoms with Crippen molar-refractivity contribution in [1.82, 2.24) is 4.90 Å². The van der Waals surface area contributed by atoms with Crippen molar-refractivity contribution in [2.24, 2.45) is 16.6 Å². The molecule has 12 heavy (non-hydrogen) atoms. The Hall–Kier alpha value is -0.730. The first-order valence-electron chi connectivity index (χ1n) is 4.70. The van der Waals surface area contributed by atoms with Crippen LogP contribution in [0.5, 0.6) is 0 Å². The molecule has 68 valence electrons. The molecule has 1 heterocycles. The van der Waals surface area contributed by atoms with Crippen LogP contribution < -0.4 is 5.73 Å². The molecule has 1 aliphatic carbocycles. The van der Waals surface area contributed by atoms with Gasteiger partial charge in [-0.2, -0.15) is 0 Å². The number of hydrogen-bond donors (Lipinski definition) is 1. The van der Waals surface area contributed by atoms with Crippen LogP contribution in [-0.4, -0.2) is 30.0 Å². The first kappa shape index (κ1) is 7.90. The Bertz CT molecular complexity index is 224. The van der Waals surface area contributed by atoms with E-state index >= 15 is 0 Å². The van der Waals surface area contributed by atoms with Gasteiger partial charge in [0.25, 0.3) is 0 Å². The van der Waals surface area contributed by atoms with Gasteiger partial charge >= 0.3 is 0 Å². The standard InChI is InChI=1S/C9H17N3/c1-7-4-3-5-9(7)6-11-8(10)12(9)2/h7H,3-6H2,1-2H3,(H2,10,11). The van der Waals surface area contributed by atoms with Crippen molar-refractivity contribution >= 4 is 5.96 Å². The van der Waals surface area contributed by atoms with E-state index in [1.54, 1.807) is 0 Å². The van der Waals surface area contributed by atoms with E-state index in [2.05, 4.69) is 23.9 Å². The maximum Gasteiger partial charge on any atom is 0.191 e. The normalized spacial score (nSPS) is 41.0. The Kier molecular flexibility index (Phi) is 1.56. The Morgan fingerprint density at radius 1 is 1.67 bits per heavy atom. The summed E-state index contributed by atoms with van der Waals surface area (Å²) >= 11 is 0. The van der Waals surface area contributed by atoms with E-state index in [9.17, 15) is 0 Å². The Morgan fingerprint density at radius 2 is 2.42 bits per heavy atom. The van der Waals surface area contributed by atoms with E-state index in [1.165, 1.54) is 19.3 Å². The summed E-state index contributed by atoms with van der Waals surface area (Å²) in [4.78, 5) is 6.51. The highest BCUT2D eigenvalue weighted by Gasteiger charge is 2.47. The molecule has 1 aliphatic heterocycles. The molecule has 2 unspecified atom stereocenters. The highest BCUT2D eigenvalue weighted by molar-refractivity contribution is 5.80. The van der Waals surface area contributed by atoms with Crippen LogP contribution in [0, 0.1) is 5.92 Å². The molecule has 0 saturated heterocycles. The summed E-state index contributed by atoms with van der Waals surface area (Å²) in [6.07, 6.45) is 3.91. The van der Waals surface area contributed by atoms with Gasteiger partial charge in [0.05, 0.1) is 12.1 Å². The number of nitrogens with two attached hydrogens (primary N) is 1. The van der Waals surface area contributed by atoms with Gasteiger partial charge in [0.2, 0.25) is 0 Å². The number of hydrogen-bond acceptors (Lipinski definition) is 3. The number of rotatable bonds is 0. The van der Waals surface area contributed by atoms with Crippen molar-refractivity contribution in [1.29, 1.82) is 0 Å². The van der Waals surface area contributed by atoms with Crippen LogP contribution in [0.3, 0.4) is 0 Å². The monoisotopic (exact) mass is 167 g/mol. The van der Waals surface area contributed by atoms with Crippen LogP contribution >= 0.6 is 0 Å². The maximum atomic E-state index is 5.77. The molecule has 0 aromatic carbocycles. The molecule has 0 amide bonds. The number of likely N-dealkylation sites (N-methyl/N-ethyl adjacent to an activating group) is 1. The maximum absolute atomic E-state index is 5.77. The van der Waals surface area contributed by atoms with Crippen molar-refractivity contribution in [3.63, 3.8) is 0 Å². The molecular weight excluding hydrogens is 150 g/mol. The third-order valence-corrected chi connectivity index (χ3v) is 3.69. The smallest absolute Gasteiger partial charge is 0.191 e. The summed E-state index contributed by atoms with van der Waals surface area (Å²) in [5.41, 5.74) is 6.05. The van der Waals surface area contributed by atoms with E-state index in [1.807, 2.05) is 0 Å². The minimum Gasteiger partial charge on any atom is -0.370 e. The largest absolute Gasteiger partial charge is 0.370 e. The highest BCUT2D eigenvalue weighted by atomic mass is 15.3. The van der Waals surface area contributed by atoms with Crippen LogP contribution in [0.15, 0.2) is 4.99 Å². The van der Waals surface area contributed by atoms with Crippen LogP contribution in [0.2, 0.25) is 0 Å². The molecule has 1 saturated carbocycles. The van der Waals surface area contributed by atoms with Gasteiger partial charge in [-0.3, -0.25) is 4.99 Å². The summed E-state index contributed by atoms with van der Waals surface area (Å²) in [6, 6.07) is 0. The highest BCUT2D eigenvalue weighted by Crippen LogP contribution is 2.41. The zero-order chi connectivity index (χ0) is 8.77. The molecule has 3 nitrogen and oxygen atoms in total. The zero-order valence-electron chi connectivity index (χ0n) is 7.88. The molecule has 3 heteroatoms. The Labute approximate surface area is 73.6 Å². The molecule has 1 fully saturated rings. The van der Waals surface area contributed by atoms with Crippen molar-refractivity contribution in [3.05, 3.63) is 0 Å². The van der Waals surface area contributed by atoms with Gasteiger partial charge in [-0.15, -0.1) is 0 Å². The molecule has 2 rings (SSSR count).